The van der Waals surface area contributed by atoms with Gasteiger partial charge in [0.2, 0.25) is 5.91 Å². The molecule has 11 heteroatoms. The number of hydrogen-bond acceptors (Lipinski definition) is 2. The molecule has 0 unspecified atom stereocenters. The average Bonchev–Trinajstić information content (AvgIpc) is 3.61. The summed E-state index contributed by atoms with van der Waals surface area (Å²) in [7, 11) is 0. The molecule has 3 nitrogen and oxygen atoms in total. The number of piperidine rings is 1. The Morgan fingerprint density at radius 2 is 1.58 bits per heavy atom. The van der Waals surface area contributed by atoms with E-state index in [1.807, 2.05) is 0 Å². The fourth-order valence-corrected chi connectivity index (χ4v) is 4.83. The van der Waals surface area contributed by atoms with Crippen LogP contribution < -0.4 is 5.32 Å². The van der Waals surface area contributed by atoms with Gasteiger partial charge in [0.15, 0.2) is 0 Å². The molecular weight excluding hydrogens is 513 g/mol. The summed E-state index contributed by atoms with van der Waals surface area (Å²) in [6.07, 6.45) is -8.17. The summed E-state index contributed by atoms with van der Waals surface area (Å²) in [4.78, 5) is 15.1. The topological polar surface area (TPSA) is 32.3 Å². The van der Waals surface area contributed by atoms with Crippen LogP contribution in [0.5, 0.6) is 0 Å². The summed E-state index contributed by atoms with van der Waals surface area (Å²) in [5.41, 5.74) is -1.52. The highest BCUT2D eigenvalue weighted by Crippen LogP contribution is 2.39. The molecule has 1 N–H and O–H groups in total. The second-order valence-electron chi connectivity index (χ2n) is 9.32. The van der Waals surface area contributed by atoms with Crippen molar-refractivity contribution in [3.8, 4) is 0 Å². The van der Waals surface area contributed by atoms with Crippen molar-refractivity contribution in [3.63, 3.8) is 0 Å². The van der Waals surface area contributed by atoms with E-state index in [0.29, 0.717) is 50.0 Å². The van der Waals surface area contributed by atoms with E-state index in [1.54, 1.807) is 13.0 Å². The highest BCUT2D eigenvalue weighted by atomic mass is 35.5. The van der Waals surface area contributed by atoms with Gasteiger partial charge < -0.3 is 10.2 Å². The maximum absolute atomic E-state index is 13.7. The molecule has 2 atom stereocenters. The molecule has 1 amide bonds. The van der Waals surface area contributed by atoms with Crippen LogP contribution in [0.4, 0.5) is 30.7 Å². The summed E-state index contributed by atoms with van der Waals surface area (Å²) in [5, 5.41) is 3.23. The minimum absolute atomic E-state index is 0. The number of nitrogens with one attached hydrogen (secondary N) is 1. The summed E-state index contributed by atoms with van der Waals surface area (Å²) in [6.45, 7) is 2.42. The first-order chi connectivity index (χ1) is 16.3. The molecular formula is C25H26ClF7N2O. The number of benzene rings is 2. The summed E-state index contributed by atoms with van der Waals surface area (Å²) >= 11 is 0. The van der Waals surface area contributed by atoms with Gasteiger partial charge in [-0.2, -0.15) is 26.3 Å². The summed E-state index contributed by atoms with van der Waals surface area (Å²) in [6, 6.07) is 5.56. The molecule has 1 saturated carbocycles. The first-order valence-corrected chi connectivity index (χ1v) is 11.4. The molecule has 1 aliphatic carbocycles. The smallest absolute Gasteiger partial charge is 0.335 e. The predicted octanol–water partition coefficient (Wildman–Crippen LogP) is 6.48. The van der Waals surface area contributed by atoms with E-state index in [1.165, 1.54) is 17.0 Å². The first kappa shape index (κ1) is 28.2. The van der Waals surface area contributed by atoms with Crippen LogP contribution in [0, 0.1) is 18.7 Å². The second kappa shape index (κ2) is 10.6. The molecule has 2 aromatic carbocycles. The molecule has 198 valence electrons. The molecule has 1 heterocycles. The minimum atomic E-state index is -4.95. The molecule has 1 aliphatic heterocycles. The lowest BCUT2D eigenvalue weighted by molar-refractivity contribution is -0.143. The van der Waals surface area contributed by atoms with Gasteiger partial charge in [-0.05, 0) is 79.8 Å². The van der Waals surface area contributed by atoms with Gasteiger partial charge >= 0.3 is 12.4 Å². The Morgan fingerprint density at radius 3 is 2.11 bits per heavy atom. The lowest BCUT2D eigenvalue weighted by Crippen LogP contribution is -2.46. The van der Waals surface area contributed by atoms with Crippen LogP contribution in [-0.2, 0) is 23.7 Å². The number of amides is 1. The van der Waals surface area contributed by atoms with E-state index < -0.39 is 35.2 Å². The largest absolute Gasteiger partial charge is 0.416 e. The van der Waals surface area contributed by atoms with Crippen LogP contribution in [-0.4, -0.2) is 29.9 Å². The third kappa shape index (κ3) is 6.32. The third-order valence-electron chi connectivity index (χ3n) is 6.70. The van der Waals surface area contributed by atoms with Crippen LogP contribution in [0.25, 0.3) is 0 Å². The van der Waals surface area contributed by atoms with Crippen LogP contribution in [0.3, 0.4) is 0 Å². The van der Waals surface area contributed by atoms with Crippen LogP contribution in [0.2, 0.25) is 0 Å². The number of aryl methyl sites for hydroxylation is 1. The standard InChI is InChI=1S/C25H25F7N2O.ClH/c1-14-8-18(26)2-5-20(14)22-12-33-7-6-21(22)23(35)34(19-3-4-19)13-15-9-16(24(27,28)29)11-17(10-15)25(30,31)32;/h2,5,8-11,19,21-22,33H,3-4,6-7,12-13H2,1H3;1H/t21-,22+;/m1./s1. The number of hydrogen-bond donors (Lipinski definition) is 1. The number of rotatable bonds is 5. The van der Waals surface area contributed by atoms with Gasteiger partial charge in [-0.3, -0.25) is 4.79 Å². The predicted molar refractivity (Wildman–Crippen MR) is 122 cm³/mol. The number of nitrogens with zero attached hydrogens (tertiary/aromatic N) is 1. The fourth-order valence-electron chi connectivity index (χ4n) is 4.83. The van der Waals surface area contributed by atoms with Crippen molar-refractivity contribution >= 4 is 18.3 Å². The Hall–Kier alpha value is -2.33. The van der Waals surface area contributed by atoms with Gasteiger partial charge in [-0.1, -0.05) is 6.07 Å². The highest BCUT2D eigenvalue weighted by Gasteiger charge is 2.42. The van der Waals surface area contributed by atoms with Crippen LogP contribution >= 0.6 is 12.4 Å². The van der Waals surface area contributed by atoms with Gasteiger partial charge in [0, 0.05) is 31.0 Å². The molecule has 0 spiro atoms. The molecule has 1 saturated heterocycles. The van der Waals surface area contributed by atoms with Gasteiger partial charge in [0.25, 0.3) is 0 Å². The minimum Gasteiger partial charge on any atom is -0.335 e. The molecule has 0 aromatic heterocycles. The first-order valence-electron chi connectivity index (χ1n) is 11.4. The molecule has 36 heavy (non-hydrogen) atoms. The average molecular weight is 539 g/mol. The Labute approximate surface area is 210 Å². The Balaban J connectivity index is 0.00000361. The zero-order valence-electron chi connectivity index (χ0n) is 19.3. The van der Waals surface area contributed by atoms with Crippen molar-refractivity contribution in [2.24, 2.45) is 5.92 Å². The zero-order chi connectivity index (χ0) is 25.5. The molecule has 4 rings (SSSR count). The van der Waals surface area contributed by atoms with Gasteiger partial charge in [-0.15, -0.1) is 12.4 Å². The third-order valence-corrected chi connectivity index (χ3v) is 6.70. The van der Waals surface area contributed by atoms with E-state index >= 15 is 0 Å². The van der Waals surface area contributed by atoms with Crippen molar-refractivity contribution in [3.05, 3.63) is 70.0 Å². The highest BCUT2D eigenvalue weighted by molar-refractivity contribution is 5.85. The lowest BCUT2D eigenvalue weighted by atomic mass is 9.79. The van der Waals surface area contributed by atoms with E-state index in [9.17, 15) is 35.5 Å². The summed E-state index contributed by atoms with van der Waals surface area (Å²) in [5.74, 6) is -1.50. The Bertz CT molecular complexity index is 1070. The lowest BCUT2D eigenvalue weighted by Gasteiger charge is -2.36. The van der Waals surface area contributed by atoms with Gasteiger partial charge in [-0.25, -0.2) is 4.39 Å². The molecule has 2 aliphatic rings. The van der Waals surface area contributed by atoms with Crippen molar-refractivity contribution in [1.29, 1.82) is 0 Å². The summed E-state index contributed by atoms with van der Waals surface area (Å²) < 4.78 is 93.5. The van der Waals surface area contributed by atoms with Gasteiger partial charge in [0.05, 0.1) is 11.1 Å². The molecule has 2 fully saturated rings. The van der Waals surface area contributed by atoms with Crippen molar-refractivity contribution in [2.75, 3.05) is 13.1 Å². The molecule has 0 bridgehead atoms. The number of carbonyl (C=O) groups is 1. The molecule has 2 aromatic rings. The monoisotopic (exact) mass is 538 g/mol. The quantitative estimate of drug-likeness (QED) is 0.442. The van der Waals surface area contributed by atoms with Crippen molar-refractivity contribution < 1.29 is 35.5 Å². The Morgan fingerprint density at radius 1 is 0.972 bits per heavy atom. The number of alkyl halides is 6. The zero-order valence-corrected chi connectivity index (χ0v) is 20.2. The number of halogens is 8. The van der Waals surface area contributed by atoms with Crippen LogP contribution in [0.1, 0.15) is 53.0 Å². The van der Waals surface area contributed by atoms with Crippen LogP contribution in [0.15, 0.2) is 36.4 Å². The van der Waals surface area contributed by atoms with E-state index in [4.69, 9.17) is 0 Å². The van der Waals surface area contributed by atoms with E-state index in [2.05, 4.69) is 5.32 Å². The maximum Gasteiger partial charge on any atom is 0.416 e. The second-order valence-corrected chi connectivity index (χ2v) is 9.32. The van der Waals surface area contributed by atoms with E-state index in [0.717, 1.165) is 5.56 Å². The number of carbonyl (C=O) groups excluding carboxylic acids is 1. The SMILES string of the molecule is Cc1cc(F)ccc1[C@@H]1CNCC[C@H]1C(=O)N(Cc1cc(C(F)(F)F)cc(C(F)(F)F)c1)C1CC1.Cl. The van der Waals surface area contributed by atoms with Gasteiger partial charge in [0.1, 0.15) is 5.82 Å². The maximum atomic E-state index is 13.7. The van der Waals surface area contributed by atoms with E-state index in [-0.39, 0.29) is 48.4 Å². The fraction of sp³-hybridized carbons (Fsp3) is 0.480. The van der Waals surface area contributed by atoms with Crippen molar-refractivity contribution in [1.82, 2.24) is 10.2 Å². The Kier molecular flexibility index (Phi) is 8.30. The molecule has 0 radical (unpaired) electrons. The normalized spacial score (nSPS) is 20.6. The van der Waals surface area contributed by atoms with Crippen molar-refractivity contribution in [2.45, 2.75) is 57.0 Å².